The van der Waals surface area contributed by atoms with Crippen LogP contribution in [0, 0.1) is 10.1 Å². The van der Waals surface area contributed by atoms with Crippen molar-refractivity contribution < 1.29 is 19.6 Å². The Morgan fingerprint density at radius 2 is 2.24 bits per heavy atom. The molecule has 1 rings (SSSR count). The summed E-state index contributed by atoms with van der Waals surface area (Å²) >= 11 is 0. The Bertz CT molecular complexity index is 514. The van der Waals surface area contributed by atoms with Gasteiger partial charge in [-0.3, -0.25) is 4.79 Å². The lowest BCUT2D eigenvalue weighted by molar-refractivity contribution is -0.390. The second-order valence-electron chi connectivity index (χ2n) is 3.07. The van der Waals surface area contributed by atoms with Crippen LogP contribution >= 0.6 is 0 Å². The summed E-state index contributed by atoms with van der Waals surface area (Å²) < 4.78 is 1.13. The molecule has 0 aliphatic heterocycles. The minimum Gasteiger partial charge on any atom is -0.477 e. The summed E-state index contributed by atoms with van der Waals surface area (Å²) in [6.07, 6.45) is 2.03. The van der Waals surface area contributed by atoms with Crippen molar-refractivity contribution in [2.75, 3.05) is 0 Å². The van der Waals surface area contributed by atoms with Gasteiger partial charge in [0.25, 0.3) is 5.91 Å². The summed E-state index contributed by atoms with van der Waals surface area (Å²) in [5, 5.41) is 22.8. The Kier molecular flexibility index (Phi) is 3.22. The third kappa shape index (κ3) is 2.65. The van der Waals surface area contributed by atoms with Gasteiger partial charge in [-0.1, -0.05) is 0 Å². The predicted molar refractivity (Wildman–Crippen MR) is 54.7 cm³/mol. The van der Waals surface area contributed by atoms with Crippen LogP contribution in [0.15, 0.2) is 11.8 Å². The Hall–Kier alpha value is -2.71. The van der Waals surface area contributed by atoms with Gasteiger partial charge in [-0.15, -0.1) is 0 Å². The maximum absolute atomic E-state index is 10.8. The number of hydrogen-bond acceptors (Lipinski definition) is 5. The zero-order valence-electron chi connectivity index (χ0n) is 8.65. The molecule has 0 fully saturated rings. The first-order valence-electron chi connectivity index (χ1n) is 4.25. The fourth-order valence-electron chi connectivity index (χ4n) is 1.13. The summed E-state index contributed by atoms with van der Waals surface area (Å²) in [6, 6.07) is 0. The fraction of sp³-hybridized carbons (Fsp3) is 0.125. The summed E-state index contributed by atoms with van der Waals surface area (Å²) in [7, 11) is 1.43. The van der Waals surface area contributed by atoms with Gasteiger partial charge in [0.1, 0.15) is 5.57 Å². The van der Waals surface area contributed by atoms with Gasteiger partial charge in [0, 0.05) is 0 Å². The van der Waals surface area contributed by atoms with Crippen molar-refractivity contribution >= 4 is 23.8 Å². The number of rotatable bonds is 4. The predicted octanol–water partition coefficient (Wildman–Crippen LogP) is -0.718. The highest BCUT2D eigenvalue weighted by molar-refractivity contribution is 6.18. The van der Waals surface area contributed by atoms with E-state index in [0.717, 1.165) is 10.8 Å². The molecular weight excluding hydrogens is 232 g/mol. The van der Waals surface area contributed by atoms with E-state index in [9.17, 15) is 19.7 Å². The topological polar surface area (TPSA) is 141 Å². The minimum atomic E-state index is -1.56. The first kappa shape index (κ1) is 12.4. The fourth-order valence-corrected chi connectivity index (χ4v) is 1.13. The van der Waals surface area contributed by atoms with Crippen molar-refractivity contribution in [3.8, 4) is 0 Å². The van der Waals surface area contributed by atoms with Crippen molar-refractivity contribution in [3.05, 3.63) is 27.4 Å². The molecule has 0 aliphatic rings. The molecule has 17 heavy (non-hydrogen) atoms. The summed E-state index contributed by atoms with van der Waals surface area (Å²) in [4.78, 5) is 31.3. The number of nitrogens with two attached hydrogens (primary N) is 1. The van der Waals surface area contributed by atoms with Gasteiger partial charge in [-0.2, -0.15) is 4.68 Å². The van der Waals surface area contributed by atoms with E-state index in [2.05, 4.69) is 5.10 Å². The molecule has 0 aliphatic carbocycles. The zero-order chi connectivity index (χ0) is 13.2. The number of amides is 1. The van der Waals surface area contributed by atoms with Gasteiger partial charge in [-0.25, -0.2) is 4.79 Å². The molecule has 0 unspecified atom stereocenters. The normalized spacial score (nSPS) is 11.2. The van der Waals surface area contributed by atoms with Gasteiger partial charge < -0.3 is 21.0 Å². The molecule has 1 heterocycles. The van der Waals surface area contributed by atoms with Crippen LogP contribution in [0.2, 0.25) is 0 Å². The lowest BCUT2D eigenvalue weighted by atomic mass is 10.2. The van der Waals surface area contributed by atoms with Gasteiger partial charge >= 0.3 is 11.8 Å². The average molecular weight is 240 g/mol. The summed E-state index contributed by atoms with van der Waals surface area (Å²) in [5.41, 5.74) is 3.98. The minimum absolute atomic E-state index is 0.103. The molecule has 1 amide bonds. The molecule has 1 aromatic heterocycles. The molecular formula is C8H8N4O5. The number of nitrogens with zero attached hydrogens (tertiary/aromatic N) is 3. The quantitative estimate of drug-likeness (QED) is 0.234. The van der Waals surface area contributed by atoms with Crippen molar-refractivity contribution in [1.29, 1.82) is 0 Å². The largest absolute Gasteiger partial charge is 0.477 e. The Morgan fingerprint density at radius 3 is 2.65 bits per heavy atom. The molecule has 0 spiro atoms. The number of nitro groups is 1. The van der Waals surface area contributed by atoms with E-state index in [0.29, 0.717) is 0 Å². The molecule has 0 aromatic carbocycles. The number of hydrogen-bond donors (Lipinski definition) is 2. The maximum atomic E-state index is 10.8. The average Bonchev–Trinajstić information content (AvgIpc) is 2.55. The number of carboxylic acid groups (broad SMARTS) is 1. The number of carboxylic acids is 1. The van der Waals surface area contributed by atoms with Crippen molar-refractivity contribution in [3.63, 3.8) is 0 Å². The third-order valence-corrected chi connectivity index (χ3v) is 1.81. The van der Waals surface area contributed by atoms with Crippen LogP contribution < -0.4 is 5.73 Å². The van der Waals surface area contributed by atoms with Crippen LogP contribution in [0.3, 0.4) is 0 Å². The van der Waals surface area contributed by atoms with Crippen molar-refractivity contribution in [2.24, 2.45) is 12.8 Å². The van der Waals surface area contributed by atoms with Gasteiger partial charge in [0.05, 0.1) is 23.9 Å². The first-order chi connectivity index (χ1) is 7.82. The van der Waals surface area contributed by atoms with E-state index in [1.807, 2.05) is 0 Å². The molecule has 9 heteroatoms. The van der Waals surface area contributed by atoms with Gasteiger partial charge in [-0.05, 0) is 11.0 Å². The molecule has 0 atom stereocenters. The number of aromatic nitrogens is 2. The van der Waals surface area contributed by atoms with Crippen LogP contribution in [-0.2, 0) is 16.6 Å². The molecule has 1 aromatic rings. The van der Waals surface area contributed by atoms with Crippen molar-refractivity contribution in [2.45, 2.75) is 0 Å². The van der Waals surface area contributed by atoms with Crippen LogP contribution in [0.25, 0.3) is 6.08 Å². The summed E-state index contributed by atoms with van der Waals surface area (Å²) in [6.45, 7) is 0. The molecule has 0 saturated heterocycles. The third-order valence-electron chi connectivity index (χ3n) is 1.81. The molecule has 0 saturated carbocycles. The zero-order valence-corrected chi connectivity index (χ0v) is 8.65. The van der Waals surface area contributed by atoms with E-state index in [-0.39, 0.29) is 5.56 Å². The number of carbonyl (C=O) groups excluding carboxylic acids is 1. The Balaban J connectivity index is 3.33. The molecule has 9 nitrogen and oxygen atoms in total. The standard InChI is InChI=1S/C8H8N4O5/c1-11-3-4(7(10-11)12(16)17)2-5(6(9)13)8(14)15/h2-3H,1H3,(H2,9,13)(H,14,15). The van der Waals surface area contributed by atoms with Crippen LogP contribution in [0.1, 0.15) is 5.56 Å². The van der Waals surface area contributed by atoms with Crippen LogP contribution in [0.4, 0.5) is 5.82 Å². The van der Waals surface area contributed by atoms with E-state index in [4.69, 9.17) is 10.8 Å². The summed E-state index contributed by atoms with van der Waals surface area (Å²) in [5.74, 6) is -3.29. The lowest BCUT2D eigenvalue weighted by Crippen LogP contribution is -2.20. The molecule has 0 radical (unpaired) electrons. The smallest absolute Gasteiger partial charge is 0.397 e. The monoisotopic (exact) mass is 240 g/mol. The highest BCUT2D eigenvalue weighted by Crippen LogP contribution is 2.18. The van der Waals surface area contributed by atoms with Crippen molar-refractivity contribution in [1.82, 2.24) is 9.78 Å². The first-order valence-corrected chi connectivity index (χ1v) is 4.25. The number of aliphatic carboxylic acids is 1. The number of primary amides is 1. The highest BCUT2D eigenvalue weighted by Gasteiger charge is 2.21. The Morgan fingerprint density at radius 1 is 1.65 bits per heavy atom. The van der Waals surface area contributed by atoms with E-state index in [1.165, 1.54) is 13.2 Å². The molecule has 0 bridgehead atoms. The highest BCUT2D eigenvalue weighted by atomic mass is 16.6. The number of carbonyl (C=O) groups is 2. The van der Waals surface area contributed by atoms with Gasteiger partial charge in [0.2, 0.25) is 0 Å². The van der Waals surface area contributed by atoms with Crippen LogP contribution in [-0.4, -0.2) is 31.7 Å². The maximum Gasteiger partial charge on any atom is 0.397 e. The molecule has 90 valence electrons. The second kappa shape index (κ2) is 4.43. The Labute approximate surface area is 94.3 Å². The van der Waals surface area contributed by atoms with Crippen LogP contribution in [0.5, 0.6) is 0 Å². The SMILES string of the molecule is Cn1cc(C=C(C(N)=O)C(=O)O)c([N+](=O)[O-])n1. The molecule has 3 N–H and O–H groups in total. The van der Waals surface area contributed by atoms with E-state index < -0.39 is 28.2 Å². The van der Waals surface area contributed by atoms with Gasteiger partial charge in [0.15, 0.2) is 0 Å². The van der Waals surface area contributed by atoms with E-state index in [1.54, 1.807) is 0 Å². The van der Waals surface area contributed by atoms with E-state index >= 15 is 0 Å². The second-order valence-corrected chi connectivity index (χ2v) is 3.07. The lowest BCUT2D eigenvalue weighted by Gasteiger charge is -1.95. The number of aryl methyl sites for hydroxylation is 1.